The van der Waals surface area contributed by atoms with Gasteiger partial charge in [-0.25, -0.2) is 4.79 Å². The van der Waals surface area contributed by atoms with Crippen LogP contribution >= 0.6 is 0 Å². The lowest BCUT2D eigenvalue weighted by Crippen LogP contribution is -2.32. The number of hydrogen-bond donors (Lipinski definition) is 1. The summed E-state index contributed by atoms with van der Waals surface area (Å²) in [6.07, 6.45) is 3.60. The summed E-state index contributed by atoms with van der Waals surface area (Å²) in [5.74, 6) is 0.117. The molecule has 0 bridgehead atoms. The van der Waals surface area contributed by atoms with Gasteiger partial charge in [-0.15, -0.1) is 0 Å². The molecule has 2 rings (SSSR count). The van der Waals surface area contributed by atoms with Crippen molar-refractivity contribution in [3.63, 3.8) is 0 Å². The Labute approximate surface area is 113 Å². The van der Waals surface area contributed by atoms with Crippen molar-refractivity contribution in [3.8, 4) is 0 Å². The van der Waals surface area contributed by atoms with Gasteiger partial charge in [-0.3, -0.25) is 0 Å². The smallest absolute Gasteiger partial charge is 0.363 e. The lowest BCUT2D eigenvalue weighted by molar-refractivity contribution is -0.140. The number of benzene rings is 1. The second kappa shape index (κ2) is 5.69. The third-order valence-electron chi connectivity index (χ3n) is 3.00. The number of carbonyl (C=O) groups is 1. The van der Waals surface area contributed by atoms with Gasteiger partial charge in [0.1, 0.15) is 5.71 Å². The summed E-state index contributed by atoms with van der Waals surface area (Å²) in [4.78, 5) is 16.3. The van der Waals surface area contributed by atoms with Crippen LogP contribution in [0.5, 0.6) is 0 Å². The second-order valence-corrected chi connectivity index (χ2v) is 4.78. The number of nitrogens with one attached hydrogen (secondary N) is 1. The summed E-state index contributed by atoms with van der Waals surface area (Å²) in [7, 11) is 0. The maximum absolute atomic E-state index is 11.6. The highest BCUT2D eigenvalue weighted by molar-refractivity contribution is 6.16. The van der Waals surface area contributed by atoms with Crippen molar-refractivity contribution in [2.45, 2.75) is 32.7 Å². The lowest BCUT2D eigenvalue weighted by Gasteiger charge is -2.12. The molecule has 1 atom stereocenters. The van der Waals surface area contributed by atoms with Crippen molar-refractivity contribution in [3.05, 3.63) is 42.0 Å². The molecule has 0 saturated heterocycles. The lowest BCUT2D eigenvalue weighted by atomic mass is 10.0. The molecule has 100 valence electrons. The van der Waals surface area contributed by atoms with E-state index in [4.69, 9.17) is 4.84 Å². The normalized spacial score (nSPS) is 18.8. The van der Waals surface area contributed by atoms with Crippen LogP contribution in [0.2, 0.25) is 0 Å². The van der Waals surface area contributed by atoms with Crippen molar-refractivity contribution in [2.75, 3.05) is 5.32 Å². The molecule has 1 aliphatic rings. The van der Waals surface area contributed by atoms with E-state index in [1.807, 2.05) is 25.1 Å². The van der Waals surface area contributed by atoms with Crippen LogP contribution in [-0.4, -0.2) is 17.7 Å². The summed E-state index contributed by atoms with van der Waals surface area (Å²) in [6, 6.07) is 7.52. The highest BCUT2D eigenvalue weighted by Crippen LogP contribution is 2.19. The van der Waals surface area contributed by atoms with Crippen molar-refractivity contribution >= 4 is 17.4 Å². The van der Waals surface area contributed by atoms with E-state index in [0.717, 1.165) is 5.69 Å². The zero-order valence-electron chi connectivity index (χ0n) is 11.4. The molecule has 0 radical (unpaired) electrons. The van der Waals surface area contributed by atoms with Crippen LogP contribution in [0.4, 0.5) is 5.69 Å². The van der Waals surface area contributed by atoms with Gasteiger partial charge in [0.2, 0.25) is 0 Å². The minimum atomic E-state index is -0.527. The van der Waals surface area contributed by atoms with Gasteiger partial charge in [0, 0.05) is 5.69 Å². The zero-order valence-corrected chi connectivity index (χ0v) is 11.4. The van der Waals surface area contributed by atoms with E-state index in [0.29, 0.717) is 11.6 Å². The van der Waals surface area contributed by atoms with E-state index < -0.39 is 6.04 Å². The molecule has 1 unspecified atom stereocenters. The Morgan fingerprint density at radius 1 is 1.32 bits per heavy atom. The maximum atomic E-state index is 11.6. The average molecular weight is 258 g/mol. The first-order chi connectivity index (χ1) is 9.11. The molecule has 1 N–H and O–H groups in total. The topological polar surface area (TPSA) is 50.7 Å². The molecule has 1 aliphatic heterocycles. The van der Waals surface area contributed by atoms with Gasteiger partial charge in [-0.05, 0) is 36.6 Å². The van der Waals surface area contributed by atoms with E-state index in [-0.39, 0.29) is 5.97 Å². The van der Waals surface area contributed by atoms with Crippen molar-refractivity contribution in [2.24, 2.45) is 5.16 Å². The molecule has 4 heteroatoms. The van der Waals surface area contributed by atoms with Crippen LogP contribution in [0.1, 0.15) is 32.3 Å². The zero-order chi connectivity index (χ0) is 13.8. The van der Waals surface area contributed by atoms with Crippen LogP contribution in [-0.2, 0) is 9.63 Å². The summed E-state index contributed by atoms with van der Waals surface area (Å²) < 4.78 is 0. The highest BCUT2D eigenvalue weighted by Gasteiger charge is 2.30. The van der Waals surface area contributed by atoms with Crippen LogP contribution < -0.4 is 5.32 Å². The fourth-order valence-corrected chi connectivity index (χ4v) is 1.89. The van der Waals surface area contributed by atoms with Gasteiger partial charge >= 0.3 is 5.97 Å². The summed E-state index contributed by atoms with van der Waals surface area (Å²) in [5.41, 5.74) is 2.74. The molecular formula is C15H18N2O2. The molecule has 4 nitrogen and oxygen atoms in total. The van der Waals surface area contributed by atoms with Crippen molar-refractivity contribution in [1.82, 2.24) is 0 Å². The first kappa shape index (κ1) is 13.3. The third-order valence-corrected chi connectivity index (χ3v) is 3.00. The van der Waals surface area contributed by atoms with Crippen LogP contribution in [0.25, 0.3) is 0 Å². The van der Waals surface area contributed by atoms with Crippen molar-refractivity contribution < 1.29 is 9.63 Å². The Morgan fingerprint density at radius 2 is 2.00 bits per heavy atom. The van der Waals surface area contributed by atoms with Gasteiger partial charge < -0.3 is 10.2 Å². The predicted octanol–water partition coefficient (Wildman–Crippen LogP) is 3.08. The number of hydrogen-bond acceptors (Lipinski definition) is 4. The Morgan fingerprint density at radius 3 is 2.58 bits per heavy atom. The van der Waals surface area contributed by atoms with Gasteiger partial charge in [-0.2, -0.15) is 0 Å². The molecule has 0 saturated carbocycles. The molecular weight excluding hydrogens is 240 g/mol. The SMILES string of the molecule is CC=CC1=NOC(=O)C1Nc1ccc(C(C)C)cc1. The summed E-state index contributed by atoms with van der Waals surface area (Å²) in [5, 5.41) is 6.88. The number of oxime groups is 1. The molecule has 0 aromatic heterocycles. The summed E-state index contributed by atoms with van der Waals surface area (Å²) >= 11 is 0. The standard InChI is InChI=1S/C15H18N2O2/c1-4-5-13-14(15(18)19-17-13)16-12-8-6-11(7-9-12)10(2)3/h4-10,14,16H,1-3H3. The Hall–Kier alpha value is -2.10. The van der Waals surface area contributed by atoms with Gasteiger partial charge in [0.25, 0.3) is 0 Å². The van der Waals surface area contributed by atoms with E-state index in [2.05, 4.69) is 36.5 Å². The molecule has 0 amide bonds. The maximum Gasteiger partial charge on any atom is 0.363 e. The molecule has 1 heterocycles. The molecule has 0 aliphatic carbocycles. The Bertz CT molecular complexity index is 515. The molecule has 0 spiro atoms. The van der Waals surface area contributed by atoms with E-state index >= 15 is 0 Å². The number of carbonyl (C=O) groups excluding carboxylic acids is 1. The van der Waals surface area contributed by atoms with E-state index in [1.165, 1.54) is 5.56 Å². The van der Waals surface area contributed by atoms with Crippen LogP contribution in [0, 0.1) is 0 Å². The van der Waals surface area contributed by atoms with Gasteiger partial charge in [0.05, 0.1) is 0 Å². The van der Waals surface area contributed by atoms with Crippen LogP contribution in [0.15, 0.2) is 41.6 Å². The summed E-state index contributed by atoms with van der Waals surface area (Å²) in [6.45, 7) is 6.17. The number of nitrogens with zero attached hydrogens (tertiary/aromatic N) is 1. The fourth-order valence-electron chi connectivity index (χ4n) is 1.89. The fraction of sp³-hybridized carbons (Fsp3) is 0.333. The predicted molar refractivity (Wildman–Crippen MR) is 76.3 cm³/mol. The second-order valence-electron chi connectivity index (χ2n) is 4.78. The minimum absolute atomic E-state index is 0.374. The molecule has 1 aromatic carbocycles. The third kappa shape index (κ3) is 3.02. The largest absolute Gasteiger partial charge is 0.367 e. The van der Waals surface area contributed by atoms with Gasteiger partial charge in [0.15, 0.2) is 6.04 Å². The van der Waals surface area contributed by atoms with E-state index in [9.17, 15) is 4.79 Å². The molecule has 0 fully saturated rings. The first-order valence-electron chi connectivity index (χ1n) is 6.39. The highest BCUT2D eigenvalue weighted by atomic mass is 16.7. The Kier molecular flexibility index (Phi) is 4.00. The number of rotatable bonds is 4. The monoisotopic (exact) mass is 258 g/mol. The molecule has 19 heavy (non-hydrogen) atoms. The average Bonchev–Trinajstić information content (AvgIpc) is 2.73. The Balaban J connectivity index is 2.12. The molecule has 1 aromatic rings. The van der Waals surface area contributed by atoms with Crippen molar-refractivity contribution in [1.29, 1.82) is 0 Å². The number of anilines is 1. The van der Waals surface area contributed by atoms with E-state index in [1.54, 1.807) is 6.08 Å². The first-order valence-corrected chi connectivity index (χ1v) is 6.39. The number of allylic oxidation sites excluding steroid dienone is 1. The quantitative estimate of drug-likeness (QED) is 0.844. The van der Waals surface area contributed by atoms with Crippen LogP contribution in [0.3, 0.4) is 0 Å². The van der Waals surface area contributed by atoms with Gasteiger partial charge in [-0.1, -0.05) is 37.2 Å². The minimum Gasteiger partial charge on any atom is -0.367 e.